The minimum Gasteiger partial charge on any atom is -0.218 e. The van der Waals surface area contributed by atoms with Crippen LogP contribution in [0.3, 0.4) is 0 Å². The predicted molar refractivity (Wildman–Crippen MR) is 97.9 cm³/mol. The second kappa shape index (κ2) is 7.97. The Morgan fingerprint density at radius 1 is 0.800 bits per heavy atom. The van der Waals surface area contributed by atoms with Crippen molar-refractivity contribution in [1.29, 1.82) is 0 Å². The molecule has 0 radical (unpaired) electrons. The molecular weight excluding hydrogens is 443 g/mol. The van der Waals surface area contributed by atoms with Gasteiger partial charge in [0.05, 0.1) is 4.90 Å². The molecule has 0 bridgehead atoms. The summed E-state index contributed by atoms with van der Waals surface area (Å²) in [4.78, 5) is 0.735. The first kappa shape index (κ1) is 17.9. The third-order valence-electron chi connectivity index (χ3n) is 3.69. The van der Waals surface area contributed by atoms with E-state index in [2.05, 4.69) is 0 Å². The second-order valence-electron chi connectivity index (χ2n) is 5.56. The molecule has 0 spiro atoms. The van der Waals surface area contributed by atoms with Crippen molar-refractivity contribution in [2.75, 3.05) is 0 Å². The standard InChI is InChI=1S/C21H18IO2S/c1-17-12-14-20(15-13-17)25(23,24)21(18-8-4-2-5-9-18)16-22-19-10-6-3-7-11-19/h2-16H,1H3/q+1/b21-16-. The highest BCUT2D eigenvalue weighted by molar-refractivity contribution is 8.00. The van der Waals surface area contributed by atoms with Crippen molar-refractivity contribution in [3.05, 3.63) is 104 Å². The highest BCUT2D eigenvalue weighted by atomic mass is 127. The van der Waals surface area contributed by atoms with Crippen LogP contribution >= 0.6 is 0 Å². The van der Waals surface area contributed by atoms with Gasteiger partial charge in [-0.15, -0.1) is 0 Å². The number of halogens is 1. The lowest BCUT2D eigenvalue weighted by molar-refractivity contribution is -0.555. The summed E-state index contributed by atoms with van der Waals surface area (Å²) in [5.74, 6) is 0. The van der Waals surface area contributed by atoms with Crippen LogP contribution in [0.25, 0.3) is 4.91 Å². The van der Waals surface area contributed by atoms with E-state index in [1.165, 1.54) is 3.57 Å². The van der Waals surface area contributed by atoms with Crippen LogP contribution in [0.4, 0.5) is 0 Å². The van der Waals surface area contributed by atoms with Crippen LogP contribution in [-0.4, -0.2) is 8.42 Å². The maximum Gasteiger partial charge on any atom is 0.350 e. The summed E-state index contributed by atoms with van der Waals surface area (Å²) in [7, 11) is -3.55. The molecule has 0 saturated heterocycles. The Morgan fingerprint density at radius 3 is 1.96 bits per heavy atom. The molecule has 0 saturated carbocycles. The fourth-order valence-electron chi connectivity index (χ4n) is 2.32. The molecule has 3 aromatic carbocycles. The molecule has 4 heteroatoms. The van der Waals surface area contributed by atoms with Crippen molar-refractivity contribution < 1.29 is 29.6 Å². The highest BCUT2D eigenvalue weighted by Crippen LogP contribution is 2.26. The van der Waals surface area contributed by atoms with E-state index in [1.54, 1.807) is 12.1 Å². The third-order valence-corrected chi connectivity index (χ3v) is 8.31. The Hall–Kier alpha value is -1.92. The SMILES string of the molecule is Cc1ccc(S(=O)(=O)/C(=C\[I+]c2ccccc2)c2ccccc2)cc1. The molecule has 0 fully saturated rings. The van der Waals surface area contributed by atoms with Gasteiger partial charge < -0.3 is 0 Å². The summed E-state index contributed by atoms with van der Waals surface area (Å²) >= 11 is -0.545. The Morgan fingerprint density at radius 2 is 1.36 bits per heavy atom. The fourth-order valence-corrected chi connectivity index (χ4v) is 6.77. The van der Waals surface area contributed by atoms with Gasteiger partial charge in [0.15, 0.2) is 7.65 Å². The Labute approximate surface area is 159 Å². The first-order chi connectivity index (χ1) is 12.1. The molecule has 0 unspecified atom stereocenters. The van der Waals surface area contributed by atoms with E-state index in [0.717, 1.165) is 11.1 Å². The minimum absolute atomic E-state index is 0.338. The van der Waals surface area contributed by atoms with Crippen LogP contribution in [-0.2, 0) is 9.84 Å². The monoisotopic (exact) mass is 461 g/mol. The van der Waals surface area contributed by atoms with Crippen LogP contribution in [0.15, 0.2) is 93.9 Å². The maximum absolute atomic E-state index is 13.2. The summed E-state index contributed by atoms with van der Waals surface area (Å²) in [5, 5.41) is 0. The van der Waals surface area contributed by atoms with Gasteiger partial charge in [-0.1, -0.05) is 66.2 Å². The Balaban J connectivity index is 2.06. The largest absolute Gasteiger partial charge is 0.350 e. The van der Waals surface area contributed by atoms with Crippen LogP contribution in [0.5, 0.6) is 0 Å². The van der Waals surface area contributed by atoms with E-state index in [9.17, 15) is 8.42 Å². The molecule has 126 valence electrons. The molecule has 0 heterocycles. The van der Waals surface area contributed by atoms with E-state index >= 15 is 0 Å². The van der Waals surface area contributed by atoms with Gasteiger partial charge in [-0.25, -0.2) is 8.42 Å². The van der Waals surface area contributed by atoms with E-state index in [-0.39, 0.29) is 0 Å². The van der Waals surface area contributed by atoms with Gasteiger partial charge in [0.2, 0.25) is 9.84 Å². The topological polar surface area (TPSA) is 34.1 Å². The average molecular weight is 461 g/mol. The van der Waals surface area contributed by atoms with Gasteiger partial charge in [-0.05, 0) is 36.8 Å². The van der Waals surface area contributed by atoms with Crippen molar-refractivity contribution in [2.24, 2.45) is 0 Å². The second-order valence-corrected chi connectivity index (χ2v) is 9.97. The summed E-state index contributed by atoms with van der Waals surface area (Å²) in [6.45, 7) is 1.95. The molecule has 3 rings (SSSR count). The predicted octanol–water partition coefficient (Wildman–Crippen LogP) is 1.73. The van der Waals surface area contributed by atoms with E-state index in [0.29, 0.717) is 9.80 Å². The van der Waals surface area contributed by atoms with E-state index in [1.807, 2.05) is 83.8 Å². The summed E-state index contributed by atoms with van der Waals surface area (Å²) in [5.41, 5.74) is 1.78. The first-order valence-electron chi connectivity index (χ1n) is 7.83. The van der Waals surface area contributed by atoms with Crippen molar-refractivity contribution >= 4 is 14.7 Å². The van der Waals surface area contributed by atoms with Crippen LogP contribution in [0.2, 0.25) is 0 Å². The lowest BCUT2D eigenvalue weighted by Crippen LogP contribution is -3.59. The normalized spacial score (nSPS) is 12.1. The fraction of sp³-hybridized carbons (Fsp3) is 0.0476. The highest BCUT2D eigenvalue weighted by Gasteiger charge is 2.26. The number of hydrogen-bond acceptors (Lipinski definition) is 2. The molecule has 0 N–H and O–H groups in total. The van der Waals surface area contributed by atoms with Crippen LogP contribution < -0.4 is 21.2 Å². The van der Waals surface area contributed by atoms with Crippen molar-refractivity contribution in [3.63, 3.8) is 0 Å². The van der Waals surface area contributed by atoms with Gasteiger partial charge in [0.25, 0.3) is 0 Å². The lowest BCUT2D eigenvalue weighted by Gasteiger charge is -2.07. The molecule has 2 nitrogen and oxygen atoms in total. The molecule has 0 aliphatic rings. The van der Waals surface area contributed by atoms with Gasteiger partial charge in [0.1, 0.15) is 4.91 Å². The Kier molecular flexibility index (Phi) is 5.71. The average Bonchev–Trinajstić information content (AvgIpc) is 2.64. The number of rotatable bonds is 5. The van der Waals surface area contributed by atoms with Crippen molar-refractivity contribution in [3.8, 4) is 0 Å². The molecule has 3 aromatic rings. The zero-order valence-corrected chi connectivity index (χ0v) is 16.7. The van der Waals surface area contributed by atoms with Gasteiger partial charge >= 0.3 is 21.2 Å². The third kappa shape index (κ3) is 4.38. The van der Waals surface area contributed by atoms with E-state index in [4.69, 9.17) is 0 Å². The number of hydrogen-bond donors (Lipinski definition) is 0. The molecular formula is C21H18IO2S+. The van der Waals surface area contributed by atoms with E-state index < -0.39 is 31.0 Å². The smallest absolute Gasteiger partial charge is 0.218 e. The molecule has 0 amide bonds. The lowest BCUT2D eigenvalue weighted by atomic mass is 10.2. The maximum atomic E-state index is 13.2. The number of sulfone groups is 1. The van der Waals surface area contributed by atoms with Crippen LogP contribution in [0, 0.1) is 10.5 Å². The van der Waals surface area contributed by atoms with Gasteiger partial charge in [0, 0.05) is 0 Å². The molecule has 0 aromatic heterocycles. The number of benzene rings is 3. The Bertz CT molecular complexity index is 961. The zero-order chi connectivity index (χ0) is 17.7. The molecule has 0 aliphatic carbocycles. The number of aryl methyl sites for hydroxylation is 1. The van der Waals surface area contributed by atoms with Gasteiger partial charge in [-0.3, -0.25) is 0 Å². The summed E-state index contributed by atoms with van der Waals surface area (Å²) in [6.07, 6.45) is 0. The minimum atomic E-state index is -3.55. The van der Waals surface area contributed by atoms with Gasteiger partial charge in [-0.2, -0.15) is 0 Å². The summed E-state index contributed by atoms with van der Waals surface area (Å²) < 4.78 is 29.5. The van der Waals surface area contributed by atoms with Crippen molar-refractivity contribution in [2.45, 2.75) is 11.8 Å². The van der Waals surface area contributed by atoms with Crippen LogP contribution in [0.1, 0.15) is 11.1 Å². The first-order valence-corrected chi connectivity index (χ1v) is 11.6. The summed E-state index contributed by atoms with van der Waals surface area (Å²) in [6, 6.07) is 26.4. The molecule has 0 aliphatic heterocycles. The quantitative estimate of drug-likeness (QED) is 0.543. The zero-order valence-electron chi connectivity index (χ0n) is 13.8. The molecule has 0 atom stereocenters. The molecule has 25 heavy (non-hydrogen) atoms. The van der Waals surface area contributed by atoms with Crippen molar-refractivity contribution in [1.82, 2.24) is 0 Å².